The Labute approximate surface area is 117 Å². The van der Waals surface area contributed by atoms with Crippen molar-refractivity contribution in [3.8, 4) is 6.07 Å². The molecule has 0 atom stereocenters. The summed E-state index contributed by atoms with van der Waals surface area (Å²) in [7, 11) is -3.62. The first kappa shape index (κ1) is 14.2. The second-order valence-electron chi connectivity index (χ2n) is 4.26. The predicted molar refractivity (Wildman–Crippen MR) is 71.2 cm³/mol. The first-order chi connectivity index (χ1) is 9.44. The monoisotopic (exact) mass is 291 g/mol. The van der Waals surface area contributed by atoms with E-state index in [1.165, 1.54) is 24.3 Å². The highest BCUT2D eigenvalue weighted by atomic mass is 32.2. The van der Waals surface area contributed by atoms with Crippen LogP contribution in [-0.2, 0) is 16.6 Å². The summed E-state index contributed by atoms with van der Waals surface area (Å²) in [5.41, 5.74) is 1.79. The van der Waals surface area contributed by atoms with Crippen molar-refractivity contribution in [2.45, 2.75) is 25.3 Å². The summed E-state index contributed by atoms with van der Waals surface area (Å²) in [6, 6.07) is 7.66. The molecule has 0 fully saturated rings. The highest BCUT2D eigenvalue weighted by Crippen LogP contribution is 2.14. The number of nitrogens with one attached hydrogen (secondary N) is 1. The zero-order chi connectivity index (χ0) is 14.8. The number of nitrogens with zero attached hydrogens (tertiary/aromatic N) is 2. The summed E-state index contributed by atoms with van der Waals surface area (Å²) in [4.78, 5) is 0.114. The van der Waals surface area contributed by atoms with Crippen molar-refractivity contribution in [1.29, 1.82) is 5.26 Å². The van der Waals surface area contributed by atoms with E-state index in [9.17, 15) is 8.42 Å². The van der Waals surface area contributed by atoms with Gasteiger partial charge in [-0.3, -0.25) is 0 Å². The molecule has 0 radical (unpaired) electrons. The van der Waals surface area contributed by atoms with Crippen molar-refractivity contribution in [2.75, 3.05) is 0 Å². The van der Waals surface area contributed by atoms with E-state index in [0.29, 0.717) is 17.0 Å². The molecule has 0 aliphatic rings. The summed E-state index contributed by atoms with van der Waals surface area (Å²) in [5.74, 6) is 0.588. The van der Waals surface area contributed by atoms with Gasteiger partial charge in [0.2, 0.25) is 10.0 Å². The van der Waals surface area contributed by atoms with E-state index in [0.717, 1.165) is 5.56 Å². The first-order valence-electron chi connectivity index (χ1n) is 5.85. The SMILES string of the molecule is Cc1noc(C)c1CNS(=O)(=O)c1ccc(C#N)cc1. The summed E-state index contributed by atoms with van der Waals surface area (Å²) < 4.78 is 31.7. The van der Waals surface area contributed by atoms with Crippen molar-refractivity contribution in [3.63, 3.8) is 0 Å². The third-order valence-corrected chi connectivity index (χ3v) is 4.33. The standard InChI is InChI=1S/C13H13N3O3S/c1-9-13(10(2)19-16-9)8-15-20(17,18)12-5-3-11(7-14)4-6-12/h3-6,15H,8H2,1-2H3. The molecule has 0 amide bonds. The Morgan fingerprint density at radius 1 is 1.30 bits per heavy atom. The van der Waals surface area contributed by atoms with Gasteiger partial charge in [0.25, 0.3) is 0 Å². The molecule has 2 aromatic rings. The van der Waals surface area contributed by atoms with Gasteiger partial charge < -0.3 is 4.52 Å². The molecule has 0 bridgehead atoms. The molecule has 0 saturated carbocycles. The van der Waals surface area contributed by atoms with E-state index in [4.69, 9.17) is 9.78 Å². The summed E-state index contributed by atoms with van der Waals surface area (Å²) in [6.45, 7) is 3.59. The average molecular weight is 291 g/mol. The van der Waals surface area contributed by atoms with Gasteiger partial charge >= 0.3 is 0 Å². The third kappa shape index (κ3) is 2.87. The van der Waals surface area contributed by atoms with Crippen molar-refractivity contribution < 1.29 is 12.9 Å². The van der Waals surface area contributed by atoms with E-state index in [2.05, 4.69) is 9.88 Å². The average Bonchev–Trinajstić information content (AvgIpc) is 2.76. The van der Waals surface area contributed by atoms with E-state index < -0.39 is 10.0 Å². The number of nitriles is 1. The smallest absolute Gasteiger partial charge is 0.240 e. The molecule has 0 unspecified atom stereocenters. The van der Waals surface area contributed by atoms with Crippen LogP contribution in [-0.4, -0.2) is 13.6 Å². The fourth-order valence-electron chi connectivity index (χ4n) is 1.71. The summed E-state index contributed by atoms with van der Waals surface area (Å²) >= 11 is 0. The molecule has 20 heavy (non-hydrogen) atoms. The zero-order valence-electron chi connectivity index (χ0n) is 11.0. The Morgan fingerprint density at radius 3 is 2.45 bits per heavy atom. The van der Waals surface area contributed by atoms with Crippen LogP contribution in [0.1, 0.15) is 22.6 Å². The van der Waals surface area contributed by atoms with Gasteiger partial charge in [0, 0.05) is 12.1 Å². The van der Waals surface area contributed by atoms with Crippen molar-refractivity contribution in [1.82, 2.24) is 9.88 Å². The van der Waals surface area contributed by atoms with Crippen molar-refractivity contribution in [3.05, 3.63) is 46.8 Å². The Balaban J connectivity index is 2.17. The Morgan fingerprint density at radius 2 is 1.95 bits per heavy atom. The van der Waals surface area contributed by atoms with Crippen LogP contribution in [0.4, 0.5) is 0 Å². The lowest BCUT2D eigenvalue weighted by atomic mass is 10.2. The van der Waals surface area contributed by atoms with E-state index in [1.807, 2.05) is 6.07 Å². The molecular formula is C13H13N3O3S. The molecular weight excluding hydrogens is 278 g/mol. The van der Waals surface area contributed by atoms with E-state index in [-0.39, 0.29) is 11.4 Å². The lowest BCUT2D eigenvalue weighted by molar-refractivity contribution is 0.392. The normalized spacial score (nSPS) is 11.2. The molecule has 0 aliphatic carbocycles. The molecule has 1 aromatic carbocycles. The number of hydrogen-bond donors (Lipinski definition) is 1. The first-order valence-corrected chi connectivity index (χ1v) is 7.34. The predicted octanol–water partition coefficient (Wildman–Crippen LogP) is 1.64. The maximum absolute atomic E-state index is 12.1. The second kappa shape index (κ2) is 5.45. The summed E-state index contributed by atoms with van der Waals surface area (Å²) in [5, 5.41) is 12.5. The van der Waals surface area contributed by atoms with Crippen LogP contribution in [0.2, 0.25) is 0 Å². The van der Waals surface area contributed by atoms with Crippen LogP contribution < -0.4 is 4.72 Å². The van der Waals surface area contributed by atoms with Gasteiger partial charge in [-0.05, 0) is 38.1 Å². The van der Waals surface area contributed by atoms with Gasteiger partial charge in [-0.2, -0.15) is 5.26 Å². The van der Waals surface area contributed by atoms with Crippen LogP contribution in [0.5, 0.6) is 0 Å². The fraction of sp³-hybridized carbons (Fsp3) is 0.231. The Bertz CT molecular complexity index is 736. The maximum Gasteiger partial charge on any atom is 0.240 e. The molecule has 0 spiro atoms. The van der Waals surface area contributed by atoms with Crippen molar-refractivity contribution in [2.24, 2.45) is 0 Å². The number of rotatable bonds is 4. The minimum atomic E-state index is -3.62. The highest BCUT2D eigenvalue weighted by Gasteiger charge is 2.16. The quantitative estimate of drug-likeness (QED) is 0.923. The molecule has 104 valence electrons. The third-order valence-electron chi connectivity index (χ3n) is 2.91. The lowest BCUT2D eigenvalue weighted by Gasteiger charge is -2.06. The van der Waals surface area contributed by atoms with Crippen LogP contribution >= 0.6 is 0 Å². The molecule has 1 aromatic heterocycles. The zero-order valence-corrected chi connectivity index (χ0v) is 11.9. The minimum Gasteiger partial charge on any atom is -0.361 e. The number of hydrogen-bond acceptors (Lipinski definition) is 5. The largest absolute Gasteiger partial charge is 0.361 e. The molecule has 2 rings (SSSR count). The fourth-order valence-corrected chi connectivity index (χ4v) is 2.71. The van der Waals surface area contributed by atoms with E-state index >= 15 is 0 Å². The molecule has 7 heteroatoms. The molecule has 0 aliphatic heterocycles. The molecule has 0 saturated heterocycles. The van der Waals surface area contributed by atoms with E-state index in [1.54, 1.807) is 13.8 Å². The number of aryl methyl sites for hydroxylation is 2. The van der Waals surface area contributed by atoms with Gasteiger partial charge in [-0.15, -0.1) is 0 Å². The lowest BCUT2D eigenvalue weighted by Crippen LogP contribution is -2.23. The number of sulfonamides is 1. The topological polar surface area (TPSA) is 96.0 Å². The van der Waals surface area contributed by atoms with Gasteiger partial charge in [0.15, 0.2) is 0 Å². The van der Waals surface area contributed by atoms with Crippen LogP contribution in [0.15, 0.2) is 33.7 Å². The van der Waals surface area contributed by atoms with Gasteiger partial charge in [-0.1, -0.05) is 5.16 Å². The Kier molecular flexibility index (Phi) is 3.88. The van der Waals surface area contributed by atoms with Crippen molar-refractivity contribution >= 4 is 10.0 Å². The van der Waals surface area contributed by atoms with Gasteiger partial charge in [0.05, 0.1) is 22.2 Å². The maximum atomic E-state index is 12.1. The molecule has 1 heterocycles. The van der Waals surface area contributed by atoms with Crippen LogP contribution in [0.25, 0.3) is 0 Å². The van der Waals surface area contributed by atoms with Gasteiger partial charge in [0.1, 0.15) is 5.76 Å². The van der Waals surface area contributed by atoms with Gasteiger partial charge in [-0.25, -0.2) is 13.1 Å². The number of aromatic nitrogens is 1. The Hall–Kier alpha value is -2.17. The number of benzene rings is 1. The molecule has 1 N–H and O–H groups in total. The highest BCUT2D eigenvalue weighted by molar-refractivity contribution is 7.89. The second-order valence-corrected chi connectivity index (χ2v) is 6.03. The minimum absolute atomic E-state index is 0.114. The van der Waals surface area contributed by atoms with Crippen LogP contribution in [0, 0.1) is 25.2 Å². The summed E-state index contributed by atoms with van der Waals surface area (Å²) in [6.07, 6.45) is 0. The van der Waals surface area contributed by atoms with Crippen LogP contribution in [0.3, 0.4) is 0 Å². The molecule has 6 nitrogen and oxygen atoms in total.